The molecule has 3 N–H and O–H groups in total. The number of aryl methyl sites for hydroxylation is 1. The monoisotopic (exact) mass is 251 g/mol. The van der Waals surface area contributed by atoms with Gasteiger partial charge in [0.05, 0.1) is 0 Å². The minimum atomic E-state index is -1.00. The minimum Gasteiger partial charge on any atom is -0.480 e. The van der Waals surface area contributed by atoms with Crippen LogP contribution in [0, 0.1) is 6.92 Å². The summed E-state index contributed by atoms with van der Waals surface area (Å²) in [6.07, 6.45) is 0. The SMILES string of the molecule is Cc1ccc(CNC(=O)NN(C)CC(=O)O)cc1. The fourth-order valence-corrected chi connectivity index (χ4v) is 1.34. The molecule has 0 aliphatic rings. The van der Waals surface area contributed by atoms with E-state index in [1.807, 2.05) is 31.2 Å². The summed E-state index contributed by atoms with van der Waals surface area (Å²) in [7, 11) is 1.49. The molecule has 98 valence electrons. The van der Waals surface area contributed by atoms with Gasteiger partial charge in [0.25, 0.3) is 0 Å². The Labute approximate surface area is 106 Å². The highest BCUT2D eigenvalue weighted by atomic mass is 16.4. The molecular formula is C12H17N3O3. The van der Waals surface area contributed by atoms with Gasteiger partial charge in [-0.15, -0.1) is 0 Å². The number of amides is 2. The second kappa shape index (κ2) is 6.61. The van der Waals surface area contributed by atoms with Crippen molar-refractivity contribution < 1.29 is 14.7 Å². The van der Waals surface area contributed by atoms with Gasteiger partial charge in [-0.25, -0.2) is 9.80 Å². The number of nitrogens with zero attached hydrogens (tertiary/aromatic N) is 1. The predicted molar refractivity (Wildman–Crippen MR) is 66.8 cm³/mol. The second-order valence-corrected chi connectivity index (χ2v) is 4.03. The Morgan fingerprint density at radius 3 is 2.44 bits per heavy atom. The fourth-order valence-electron chi connectivity index (χ4n) is 1.34. The van der Waals surface area contributed by atoms with E-state index in [9.17, 15) is 9.59 Å². The molecule has 1 aromatic rings. The third-order valence-electron chi connectivity index (χ3n) is 2.24. The summed E-state index contributed by atoms with van der Waals surface area (Å²) in [4.78, 5) is 21.8. The Bertz CT molecular complexity index is 417. The van der Waals surface area contributed by atoms with Crippen molar-refractivity contribution in [2.24, 2.45) is 0 Å². The number of hydrogen-bond donors (Lipinski definition) is 3. The zero-order valence-corrected chi connectivity index (χ0v) is 10.4. The maximum absolute atomic E-state index is 11.4. The maximum atomic E-state index is 11.4. The van der Waals surface area contributed by atoms with E-state index in [1.165, 1.54) is 12.1 Å². The Kier molecular flexibility index (Phi) is 5.13. The molecule has 0 atom stereocenters. The summed E-state index contributed by atoms with van der Waals surface area (Å²) in [6, 6.07) is 7.35. The highest BCUT2D eigenvalue weighted by Gasteiger charge is 2.07. The number of hydrogen-bond acceptors (Lipinski definition) is 3. The molecule has 0 saturated carbocycles. The molecule has 0 spiro atoms. The van der Waals surface area contributed by atoms with Crippen LogP contribution in [0.2, 0.25) is 0 Å². The smallest absolute Gasteiger partial charge is 0.329 e. The van der Waals surface area contributed by atoms with Gasteiger partial charge >= 0.3 is 12.0 Å². The van der Waals surface area contributed by atoms with Crippen molar-refractivity contribution >= 4 is 12.0 Å². The number of hydrazine groups is 1. The fraction of sp³-hybridized carbons (Fsp3) is 0.333. The van der Waals surface area contributed by atoms with Gasteiger partial charge in [0.2, 0.25) is 0 Å². The predicted octanol–water partition coefficient (Wildman–Crippen LogP) is 0.726. The Morgan fingerprint density at radius 1 is 1.28 bits per heavy atom. The number of nitrogens with one attached hydrogen (secondary N) is 2. The summed E-state index contributed by atoms with van der Waals surface area (Å²) in [6.45, 7) is 2.13. The molecule has 1 aromatic carbocycles. The molecule has 0 heterocycles. The van der Waals surface area contributed by atoms with Crippen molar-refractivity contribution in [3.05, 3.63) is 35.4 Å². The number of carbonyl (C=O) groups is 2. The molecule has 0 fully saturated rings. The van der Waals surface area contributed by atoms with Crippen LogP contribution in [-0.4, -0.2) is 35.7 Å². The number of carboxylic acids is 1. The van der Waals surface area contributed by atoms with Crippen molar-refractivity contribution in [3.63, 3.8) is 0 Å². The molecular weight excluding hydrogens is 234 g/mol. The number of carboxylic acid groups (broad SMARTS) is 1. The van der Waals surface area contributed by atoms with Crippen molar-refractivity contribution in [1.82, 2.24) is 15.8 Å². The quantitative estimate of drug-likeness (QED) is 0.674. The number of aliphatic carboxylic acids is 1. The molecule has 2 amide bonds. The zero-order chi connectivity index (χ0) is 13.5. The van der Waals surface area contributed by atoms with Crippen molar-refractivity contribution in [3.8, 4) is 0 Å². The molecule has 0 aromatic heterocycles. The largest absolute Gasteiger partial charge is 0.480 e. The molecule has 0 saturated heterocycles. The molecule has 6 heteroatoms. The standard InChI is InChI=1S/C12H17N3O3/c1-9-3-5-10(6-4-9)7-13-12(18)14-15(2)8-11(16)17/h3-6H,7-8H2,1-2H3,(H,16,17)(H2,13,14,18). The summed E-state index contributed by atoms with van der Waals surface area (Å²) in [5, 5.41) is 12.4. The van der Waals surface area contributed by atoms with E-state index >= 15 is 0 Å². The average Bonchev–Trinajstić information content (AvgIpc) is 2.27. The van der Waals surface area contributed by atoms with E-state index in [2.05, 4.69) is 10.7 Å². The van der Waals surface area contributed by atoms with E-state index in [-0.39, 0.29) is 6.54 Å². The van der Waals surface area contributed by atoms with Crippen LogP contribution in [0.25, 0.3) is 0 Å². The number of likely N-dealkylation sites (N-methyl/N-ethyl adjacent to an activating group) is 1. The first-order valence-corrected chi connectivity index (χ1v) is 5.50. The summed E-state index contributed by atoms with van der Waals surface area (Å²) < 4.78 is 0. The van der Waals surface area contributed by atoms with Crippen molar-refractivity contribution in [2.75, 3.05) is 13.6 Å². The lowest BCUT2D eigenvalue weighted by molar-refractivity contribution is -0.138. The van der Waals surface area contributed by atoms with E-state index in [1.54, 1.807) is 0 Å². The number of carbonyl (C=O) groups excluding carboxylic acids is 1. The van der Waals surface area contributed by atoms with Crippen LogP contribution in [0.3, 0.4) is 0 Å². The first kappa shape index (κ1) is 14.0. The number of urea groups is 1. The summed E-state index contributed by atoms with van der Waals surface area (Å²) in [5.41, 5.74) is 4.54. The van der Waals surface area contributed by atoms with Gasteiger partial charge in [-0.1, -0.05) is 29.8 Å². The van der Waals surface area contributed by atoms with Crippen LogP contribution in [0.4, 0.5) is 4.79 Å². The van der Waals surface area contributed by atoms with Gasteiger partial charge in [0, 0.05) is 13.6 Å². The summed E-state index contributed by atoms with van der Waals surface area (Å²) >= 11 is 0. The first-order chi connectivity index (χ1) is 8.47. The Morgan fingerprint density at radius 2 is 1.89 bits per heavy atom. The molecule has 6 nitrogen and oxygen atoms in total. The summed E-state index contributed by atoms with van der Waals surface area (Å²) in [5.74, 6) is -1.00. The molecule has 0 radical (unpaired) electrons. The third kappa shape index (κ3) is 5.31. The first-order valence-electron chi connectivity index (χ1n) is 5.50. The van der Waals surface area contributed by atoms with Gasteiger partial charge in [0.15, 0.2) is 0 Å². The Hall–Kier alpha value is -2.08. The van der Waals surface area contributed by atoms with Crippen LogP contribution in [0.1, 0.15) is 11.1 Å². The Balaban J connectivity index is 2.32. The number of benzene rings is 1. The minimum absolute atomic E-state index is 0.252. The third-order valence-corrected chi connectivity index (χ3v) is 2.24. The number of rotatable bonds is 5. The van der Waals surface area contributed by atoms with E-state index in [0.717, 1.165) is 11.1 Å². The van der Waals surface area contributed by atoms with Gasteiger partial charge in [-0.05, 0) is 12.5 Å². The highest BCUT2D eigenvalue weighted by Crippen LogP contribution is 2.02. The lowest BCUT2D eigenvalue weighted by Gasteiger charge is -2.16. The van der Waals surface area contributed by atoms with Crippen LogP contribution in [0.15, 0.2) is 24.3 Å². The van der Waals surface area contributed by atoms with Gasteiger partial charge in [-0.2, -0.15) is 0 Å². The van der Waals surface area contributed by atoms with Crippen molar-refractivity contribution in [1.29, 1.82) is 0 Å². The van der Waals surface area contributed by atoms with Crippen LogP contribution in [-0.2, 0) is 11.3 Å². The lowest BCUT2D eigenvalue weighted by atomic mass is 10.1. The molecule has 0 unspecified atom stereocenters. The highest BCUT2D eigenvalue weighted by molar-refractivity contribution is 5.74. The molecule has 0 bridgehead atoms. The van der Waals surface area contributed by atoms with Gasteiger partial charge in [-0.3, -0.25) is 10.2 Å². The van der Waals surface area contributed by atoms with E-state index in [0.29, 0.717) is 6.54 Å². The van der Waals surface area contributed by atoms with E-state index < -0.39 is 12.0 Å². The molecule has 0 aliphatic carbocycles. The molecule has 18 heavy (non-hydrogen) atoms. The lowest BCUT2D eigenvalue weighted by Crippen LogP contribution is -2.46. The average molecular weight is 251 g/mol. The molecule has 0 aliphatic heterocycles. The van der Waals surface area contributed by atoms with Crippen molar-refractivity contribution in [2.45, 2.75) is 13.5 Å². The maximum Gasteiger partial charge on any atom is 0.329 e. The van der Waals surface area contributed by atoms with Crippen LogP contribution in [0.5, 0.6) is 0 Å². The molecule has 1 rings (SSSR count). The van der Waals surface area contributed by atoms with Gasteiger partial charge < -0.3 is 10.4 Å². The van der Waals surface area contributed by atoms with E-state index in [4.69, 9.17) is 5.11 Å². The van der Waals surface area contributed by atoms with Crippen LogP contribution >= 0.6 is 0 Å². The topological polar surface area (TPSA) is 81.7 Å². The normalized spacial score (nSPS) is 10.2. The van der Waals surface area contributed by atoms with Crippen LogP contribution < -0.4 is 10.7 Å². The zero-order valence-electron chi connectivity index (χ0n) is 10.4. The van der Waals surface area contributed by atoms with Gasteiger partial charge in [0.1, 0.15) is 6.54 Å². The second-order valence-electron chi connectivity index (χ2n) is 4.03.